The second-order valence-corrected chi connectivity index (χ2v) is 0. The van der Waals surface area contributed by atoms with E-state index in [0.29, 0.717) is 0 Å². The summed E-state index contributed by atoms with van der Waals surface area (Å²) in [6.45, 7) is 0. The monoisotopic (exact) mass is 258 g/mol. The van der Waals surface area contributed by atoms with Gasteiger partial charge < -0.3 is 0 Å². The van der Waals surface area contributed by atoms with Gasteiger partial charge in [0.2, 0.25) is 0 Å². The average molecular weight is 259 g/mol. The van der Waals surface area contributed by atoms with Crippen LogP contribution >= 0.6 is 0 Å². The SMILES string of the molecule is F.[BaH2].[LiH].[Zr]. The van der Waals surface area contributed by atoms with Crippen molar-refractivity contribution in [1.82, 2.24) is 0 Å². The second-order valence-electron chi connectivity index (χ2n) is 0. The normalized spacial score (nSPS) is 0. The van der Waals surface area contributed by atoms with Gasteiger partial charge in [0.1, 0.15) is 0 Å². The second kappa shape index (κ2) is 16.7. The Labute approximate surface area is 96.2 Å². The molecule has 0 aromatic rings. The largest absolute Gasteiger partial charge is 0 e. The molecule has 0 unspecified atom stereocenters. The molecule has 4 heavy (non-hydrogen) atoms. The van der Waals surface area contributed by atoms with Crippen LogP contribution in [0.3, 0.4) is 0 Å². The number of hydrogen-bond donors (Lipinski definition) is 0. The maximum atomic E-state index is 0. The van der Waals surface area contributed by atoms with Crippen LogP contribution in [0.25, 0.3) is 0 Å². The van der Waals surface area contributed by atoms with Crippen LogP contribution in [0.5, 0.6) is 0 Å². The topological polar surface area (TPSA) is 0 Å². The standard InChI is InChI=1S/Ba.FH.Li.Zr.3H/h;1H;;;;;. The van der Waals surface area contributed by atoms with Crippen molar-refractivity contribution in [3.63, 3.8) is 0 Å². The third-order valence-corrected chi connectivity index (χ3v) is 0. The molecule has 0 heterocycles. The summed E-state index contributed by atoms with van der Waals surface area (Å²) in [7, 11) is 0. The average Bonchev–Trinajstić information content (AvgIpc) is 0. The fourth-order valence-electron chi connectivity index (χ4n) is 0. The van der Waals surface area contributed by atoms with E-state index in [4.69, 9.17) is 0 Å². The molecule has 0 saturated heterocycles. The molecule has 0 spiro atoms. The zero-order valence-electron chi connectivity index (χ0n) is 0.908. The quantitative estimate of drug-likeness (QED) is 0.468. The van der Waals surface area contributed by atoms with Gasteiger partial charge in [-0.2, -0.15) is 0 Å². The third-order valence-electron chi connectivity index (χ3n) is 0. The van der Waals surface area contributed by atoms with Crippen molar-refractivity contribution in [2.45, 2.75) is 0 Å². The van der Waals surface area contributed by atoms with Crippen LogP contribution < -0.4 is 0 Å². The molecule has 0 aliphatic rings. The Kier molecular flexibility index (Phi) is 117. The molecule has 0 aromatic heterocycles. The first-order valence-corrected chi connectivity index (χ1v) is 0. The molecule has 0 saturated carbocycles. The minimum atomic E-state index is 0. The van der Waals surface area contributed by atoms with Gasteiger partial charge in [-0.15, -0.1) is 0 Å². The Balaban J connectivity index is 0. The fourth-order valence-corrected chi connectivity index (χ4v) is 0. The molecule has 0 radical (unpaired) electrons. The smallest absolute Gasteiger partial charge is 0 e. The predicted octanol–water partition coefficient (Wildman–Crippen LogP) is -1.41. The Morgan fingerprint density at radius 3 is 1.00 bits per heavy atom. The molecule has 0 atom stereocenters. The first-order valence-electron chi connectivity index (χ1n) is 0. The minimum Gasteiger partial charge on any atom is 0 e. The Morgan fingerprint density at radius 2 is 1.00 bits per heavy atom. The summed E-state index contributed by atoms with van der Waals surface area (Å²) in [6.07, 6.45) is 0. The summed E-state index contributed by atoms with van der Waals surface area (Å²) in [4.78, 5) is 0. The molecule has 0 bridgehead atoms. The first-order chi connectivity index (χ1) is 0. The summed E-state index contributed by atoms with van der Waals surface area (Å²) >= 11 is 0. The molecule has 0 aliphatic heterocycles. The van der Waals surface area contributed by atoms with Crippen molar-refractivity contribution in [2.75, 3.05) is 0 Å². The van der Waals surface area contributed by atoms with Gasteiger partial charge in [-0.05, 0) is 0 Å². The maximum absolute atomic E-state index is 0. The maximum Gasteiger partial charge on any atom is 0 e. The molecular weight excluding hydrogens is 254 g/mol. The molecule has 0 amide bonds. The molecule has 18 valence electrons. The van der Waals surface area contributed by atoms with Crippen LogP contribution in [0, 0.1) is 0 Å². The van der Waals surface area contributed by atoms with E-state index < -0.39 is 0 Å². The van der Waals surface area contributed by atoms with Gasteiger partial charge in [0.05, 0.1) is 0 Å². The zero-order chi connectivity index (χ0) is 0. The van der Waals surface area contributed by atoms with Crippen LogP contribution in [-0.2, 0) is 26.2 Å². The van der Waals surface area contributed by atoms with E-state index in [9.17, 15) is 0 Å². The number of hydrogen-bond acceptors (Lipinski definition) is 0. The van der Waals surface area contributed by atoms with Crippen molar-refractivity contribution >= 4 is 67.7 Å². The molecule has 0 rings (SSSR count). The summed E-state index contributed by atoms with van der Waals surface area (Å²) in [6, 6.07) is 0. The Hall–Kier alpha value is 2.98. The van der Waals surface area contributed by atoms with Gasteiger partial charge in [0.15, 0.2) is 0 Å². The zero-order valence-corrected chi connectivity index (χ0v) is 3.37. The fraction of sp³-hybridized carbons (Fsp3) is 0. The summed E-state index contributed by atoms with van der Waals surface area (Å²) in [5.74, 6) is 0. The summed E-state index contributed by atoms with van der Waals surface area (Å²) < 4.78 is 0. The summed E-state index contributed by atoms with van der Waals surface area (Å²) in [5.41, 5.74) is 0. The summed E-state index contributed by atoms with van der Waals surface area (Å²) in [5, 5.41) is 0. The van der Waals surface area contributed by atoms with Crippen LogP contribution in [0.4, 0.5) is 4.70 Å². The van der Waals surface area contributed by atoms with E-state index in [0.717, 1.165) is 0 Å². The van der Waals surface area contributed by atoms with Gasteiger partial charge in [-0.1, -0.05) is 0 Å². The minimum absolute atomic E-state index is 0. The molecule has 0 aliphatic carbocycles. The molecule has 0 nitrogen and oxygen atoms in total. The van der Waals surface area contributed by atoms with Crippen molar-refractivity contribution in [3.05, 3.63) is 0 Å². The Morgan fingerprint density at radius 1 is 1.00 bits per heavy atom. The Bertz CT molecular complexity index is 8.00. The molecular formula is H4BaFLiZr. The van der Waals surface area contributed by atoms with E-state index in [1.165, 1.54) is 0 Å². The van der Waals surface area contributed by atoms with Crippen molar-refractivity contribution in [2.24, 2.45) is 0 Å². The molecule has 0 N–H and O–H groups in total. The van der Waals surface area contributed by atoms with Crippen LogP contribution in [0.1, 0.15) is 0 Å². The van der Waals surface area contributed by atoms with E-state index in [2.05, 4.69) is 0 Å². The van der Waals surface area contributed by atoms with Crippen LogP contribution in [-0.4, -0.2) is 67.7 Å². The van der Waals surface area contributed by atoms with Gasteiger partial charge in [0.25, 0.3) is 0 Å². The molecule has 0 fully saturated rings. The predicted molar refractivity (Wildman–Crippen MR) is 18.2 cm³/mol. The van der Waals surface area contributed by atoms with Crippen molar-refractivity contribution in [1.29, 1.82) is 0 Å². The molecule has 4 heteroatoms. The third kappa shape index (κ3) is 8.88. The van der Waals surface area contributed by atoms with Gasteiger partial charge >= 0.3 is 67.7 Å². The first kappa shape index (κ1) is 28.1. The number of rotatable bonds is 0. The molecule has 0 aromatic carbocycles. The van der Waals surface area contributed by atoms with E-state index in [1.807, 2.05) is 0 Å². The van der Waals surface area contributed by atoms with Crippen LogP contribution in [0.15, 0.2) is 0 Å². The van der Waals surface area contributed by atoms with E-state index in [1.54, 1.807) is 0 Å². The van der Waals surface area contributed by atoms with Gasteiger partial charge in [-0.3, -0.25) is 4.70 Å². The van der Waals surface area contributed by atoms with Gasteiger partial charge in [0, 0.05) is 26.2 Å². The number of halogens is 1. The van der Waals surface area contributed by atoms with Crippen LogP contribution in [0.2, 0.25) is 0 Å². The van der Waals surface area contributed by atoms with Gasteiger partial charge in [-0.25, -0.2) is 0 Å². The van der Waals surface area contributed by atoms with E-state index in [-0.39, 0.29) is 98.6 Å². The van der Waals surface area contributed by atoms with Crippen molar-refractivity contribution < 1.29 is 30.9 Å². The van der Waals surface area contributed by atoms with Crippen molar-refractivity contribution in [3.8, 4) is 0 Å². The van der Waals surface area contributed by atoms with E-state index >= 15 is 0 Å².